The summed E-state index contributed by atoms with van der Waals surface area (Å²) >= 11 is 0. The number of hydrogen-bond acceptors (Lipinski definition) is 5. The number of aliphatic carboxylic acids is 1. The van der Waals surface area contributed by atoms with Crippen molar-refractivity contribution in [1.82, 2.24) is 15.1 Å². The summed E-state index contributed by atoms with van der Waals surface area (Å²) in [5.74, 6) is -0.807. The first kappa shape index (κ1) is 24.5. The van der Waals surface area contributed by atoms with Crippen molar-refractivity contribution in [3.05, 3.63) is 0 Å². The molecule has 2 atom stereocenters. The third-order valence-electron chi connectivity index (χ3n) is 4.04. The van der Waals surface area contributed by atoms with Gasteiger partial charge in [0.2, 0.25) is 5.91 Å². The number of hydrogen-bond donors (Lipinski definition) is 2. The van der Waals surface area contributed by atoms with E-state index in [0.29, 0.717) is 13.0 Å². The molecular formula is C17H32ClN3O5. The molecule has 8 nitrogen and oxygen atoms in total. The minimum absolute atomic E-state index is 0. The molecule has 0 unspecified atom stereocenters. The molecular weight excluding hydrogens is 362 g/mol. The minimum atomic E-state index is -0.846. The van der Waals surface area contributed by atoms with Crippen LogP contribution in [-0.4, -0.2) is 78.8 Å². The number of carbonyl (C=O) groups excluding carboxylic acids is 2. The molecule has 2 fully saturated rings. The molecule has 2 amide bonds. The summed E-state index contributed by atoms with van der Waals surface area (Å²) in [6.45, 7) is 7.93. The molecule has 0 aromatic heterocycles. The lowest BCUT2D eigenvalue weighted by atomic mass is 10.1. The zero-order chi connectivity index (χ0) is 19.2. The van der Waals surface area contributed by atoms with Crippen molar-refractivity contribution in [2.45, 2.75) is 39.2 Å². The fourth-order valence-corrected chi connectivity index (χ4v) is 2.68. The van der Waals surface area contributed by atoms with E-state index in [0.717, 1.165) is 19.5 Å². The highest BCUT2D eigenvalue weighted by molar-refractivity contribution is 5.85. The highest BCUT2D eigenvalue weighted by Crippen LogP contribution is 2.19. The van der Waals surface area contributed by atoms with Gasteiger partial charge in [-0.3, -0.25) is 9.59 Å². The Kier molecular flexibility index (Phi) is 9.94. The van der Waals surface area contributed by atoms with Crippen molar-refractivity contribution < 1.29 is 24.2 Å². The van der Waals surface area contributed by atoms with Crippen LogP contribution in [0.4, 0.5) is 4.79 Å². The van der Waals surface area contributed by atoms with Crippen molar-refractivity contribution in [3.8, 4) is 0 Å². The summed E-state index contributed by atoms with van der Waals surface area (Å²) in [4.78, 5) is 36.6. The van der Waals surface area contributed by atoms with Crippen LogP contribution >= 0.6 is 12.4 Å². The third kappa shape index (κ3) is 8.23. The maximum Gasteiger partial charge on any atom is 0.410 e. The molecule has 0 bridgehead atoms. The summed E-state index contributed by atoms with van der Waals surface area (Å²) < 4.78 is 5.14. The molecule has 0 radical (unpaired) electrons. The van der Waals surface area contributed by atoms with Gasteiger partial charge in [0.05, 0.1) is 11.8 Å². The van der Waals surface area contributed by atoms with Gasteiger partial charge >= 0.3 is 12.1 Å². The second-order valence-electron chi connectivity index (χ2n) is 7.67. The first-order chi connectivity index (χ1) is 11.5. The number of carboxylic acids is 1. The van der Waals surface area contributed by atoms with Crippen LogP contribution in [-0.2, 0) is 14.3 Å². The monoisotopic (exact) mass is 393 g/mol. The fraction of sp³-hybridized carbons (Fsp3) is 0.824. The summed E-state index contributed by atoms with van der Waals surface area (Å²) in [6, 6.07) is 0. The van der Waals surface area contributed by atoms with E-state index in [1.165, 1.54) is 4.90 Å². The van der Waals surface area contributed by atoms with E-state index in [4.69, 9.17) is 9.84 Å². The average Bonchev–Trinajstić information content (AvgIpc) is 3.17. The van der Waals surface area contributed by atoms with Gasteiger partial charge in [-0.05, 0) is 40.2 Å². The predicted molar refractivity (Wildman–Crippen MR) is 100 cm³/mol. The Labute approximate surface area is 161 Å². The molecule has 0 aromatic rings. The Balaban J connectivity index is 0.000000497. The zero-order valence-corrected chi connectivity index (χ0v) is 17.1. The quantitative estimate of drug-likeness (QED) is 0.736. The first-order valence-corrected chi connectivity index (χ1v) is 8.64. The number of amides is 2. The van der Waals surface area contributed by atoms with Crippen molar-refractivity contribution >= 4 is 30.4 Å². The van der Waals surface area contributed by atoms with Crippen LogP contribution in [0.5, 0.6) is 0 Å². The van der Waals surface area contributed by atoms with E-state index in [-0.39, 0.29) is 30.8 Å². The normalized spacial score (nSPS) is 22.0. The summed E-state index contributed by atoms with van der Waals surface area (Å²) in [6.07, 6.45) is 1.08. The lowest BCUT2D eigenvalue weighted by molar-refractivity contribution is -0.141. The largest absolute Gasteiger partial charge is 0.481 e. The van der Waals surface area contributed by atoms with Gasteiger partial charge in [0.15, 0.2) is 0 Å². The van der Waals surface area contributed by atoms with Gasteiger partial charge in [-0.15, -0.1) is 12.4 Å². The van der Waals surface area contributed by atoms with Crippen LogP contribution < -0.4 is 5.32 Å². The molecule has 0 aliphatic carbocycles. The maximum absolute atomic E-state index is 11.5. The van der Waals surface area contributed by atoms with Crippen LogP contribution in [0.1, 0.15) is 33.6 Å². The molecule has 0 aromatic carbocycles. The topological polar surface area (TPSA) is 99.2 Å². The highest BCUT2D eigenvalue weighted by atomic mass is 35.5. The molecule has 0 saturated carbocycles. The number of likely N-dealkylation sites (tertiary alicyclic amines) is 1. The van der Waals surface area contributed by atoms with Gasteiger partial charge in [-0.1, -0.05) is 0 Å². The van der Waals surface area contributed by atoms with E-state index >= 15 is 0 Å². The van der Waals surface area contributed by atoms with Gasteiger partial charge in [-0.2, -0.15) is 0 Å². The molecule has 2 rings (SSSR count). The fourth-order valence-electron chi connectivity index (χ4n) is 2.68. The molecule has 2 aliphatic rings. The summed E-state index contributed by atoms with van der Waals surface area (Å²) in [5.41, 5.74) is -0.529. The zero-order valence-electron chi connectivity index (χ0n) is 16.3. The molecule has 152 valence electrons. The van der Waals surface area contributed by atoms with E-state index in [9.17, 15) is 14.4 Å². The smallest absolute Gasteiger partial charge is 0.410 e. The SMILES string of the molecule is CC(C)(C)OC(=O)N1CC[C@H](C(=O)O)C1.CN(C)C(=O)[C@H]1CCNC1.Cl. The molecule has 9 heteroatoms. The Bertz CT molecular complexity index is 487. The Morgan fingerprint density at radius 2 is 1.77 bits per heavy atom. The molecule has 26 heavy (non-hydrogen) atoms. The first-order valence-electron chi connectivity index (χ1n) is 8.64. The standard InChI is InChI=1S/C10H17NO4.C7H14N2O.ClH/c1-10(2,3)15-9(14)11-5-4-7(6-11)8(12)13;1-9(2)7(10)6-3-4-8-5-6;/h7H,4-6H2,1-3H3,(H,12,13);6,8H,3-5H2,1-2H3;1H/t7-;6-;/m00./s1. The van der Waals surface area contributed by atoms with Crippen LogP contribution in [0.2, 0.25) is 0 Å². The summed E-state index contributed by atoms with van der Waals surface area (Å²) in [5, 5.41) is 11.9. The van der Waals surface area contributed by atoms with Gasteiger partial charge < -0.3 is 25.0 Å². The Morgan fingerprint density at radius 3 is 2.15 bits per heavy atom. The van der Waals surface area contributed by atoms with Crippen LogP contribution in [0.15, 0.2) is 0 Å². The van der Waals surface area contributed by atoms with Crippen LogP contribution in [0.25, 0.3) is 0 Å². The lowest BCUT2D eigenvalue weighted by Gasteiger charge is -2.24. The third-order valence-corrected chi connectivity index (χ3v) is 4.04. The highest BCUT2D eigenvalue weighted by Gasteiger charge is 2.33. The van der Waals surface area contributed by atoms with Crippen molar-refractivity contribution in [1.29, 1.82) is 0 Å². The second-order valence-corrected chi connectivity index (χ2v) is 7.67. The number of carboxylic acid groups (broad SMARTS) is 1. The number of nitrogens with zero attached hydrogens (tertiary/aromatic N) is 2. The van der Waals surface area contributed by atoms with Gasteiger partial charge in [0.25, 0.3) is 0 Å². The van der Waals surface area contributed by atoms with E-state index in [2.05, 4.69) is 5.32 Å². The predicted octanol–water partition coefficient (Wildman–Crippen LogP) is 1.43. The van der Waals surface area contributed by atoms with Crippen LogP contribution in [0, 0.1) is 11.8 Å². The maximum atomic E-state index is 11.5. The number of rotatable bonds is 2. The number of nitrogens with one attached hydrogen (secondary N) is 1. The Hall–Kier alpha value is -1.54. The van der Waals surface area contributed by atoms with Gasteiger partial charge in [0.1, 0.15) is 5.60 Å². The number of halogens is 1. The number of ether oxygens (including phenoxy) is 1. The van der Waals surface area contributed by atoms with E-state index < -0.39 is 23.6 Å². The summed E-state index contributed by atoms with van der Waals surface area (Å²) in [7, 11) is 3.61. The van der Waals surface area contributed by atoms with E-state index in [1.807, 2.05) is 0 Å². The number of carbonyl (C=O) groups is 3. The lowest BCUT2D eigenvalue weighted by Crippen LogP contribution is -2.35. The van der Waals surface area contributed by atoms with Gasteiger partial charge in [0, 0.05) is 33.7 Å². The minimum Gasteiger partial charge on any atom is -0.481 e. The molecule has 2 aliphatic heterocycles. The Morgan fingerprint density at radius 1 is 1.15 bits per heavy atom. The second kappa shape index (κ2) is 10.6. The molecule has 2 N–H and O–H groups in total. The van der Waals surface area contributed by atoms with Crippen molar-refractivity contribution in [2.24, 2.45) is 11.8 Å². The van der Waals surface area contributed by atoms with Gasteiger partial charge in [-0.25, -0.2) is 4.79 Å². The molecule has 0 spiro atoms. The van der Waals surface area contributed by atoms with E-state index in [1.54, 1.807) is 39.8 Å². The average molecular weight is 394 g/mol. The van der Waals surface area contributed by atoms with Crippen LogP contribution in [0.3, 0.4) is 0 Å². The van der Waals surface area contributed by atoms with Crippen molar-refractivity contribution in [3.63, 3.8) is 0 Å². The molecule has 2 heterocycles. The van der Waals surface area contributed by atoms with Crippen molar-refractivity contribution in [2.75, 3.05) is 40.3 Å². The molecule has 2 saturated heterocycles.